The molecule has 0 fully saturated rings. The molecule has 5 nitrogen and oxygen atoms in total. The Morgan fingerprint density at radius 2 is 2.18 bits per heavy atom. The molecule has 0 radical (unpaired) electrons. The Hall–Kier alpha value is -2.04. The van der Waals surface area contributed by atoms with Gasteiger partial charge in [-0.05, 0) is 19.1 Å². The molecule has 0 spiro atoms. The average Bonchev–Trinajstić information content (AvgIpc) is 2.73. The summed E-state index contributed by atoms with van der Waals surface area (Å²) in [7, 11) is 3.96. The number of pyridine rings is 1. The second kappa shape index (κ2) is 4.86. The van der Waals surface area contributed by atoms with E-state index < -0.39 is 0 Å². The highest BCUT2D eigenvalue weighted by molar-refractivity contribution is 5.64. The van der Waals surface area contributed by atoms with E-state index in [1.807, 2.05) is 44.2 Å². The van der Waals surface area contributed by atoms with Crippen LogP contribution in [-0.4, -0.2) is 29.0 Å². The molecule has 0 aromatic carbocycles. The van der Waals surface area contributed by atoms with Crippen molar-refractivity contribution >= 4 is 11.5 Å². The predicted octanol–water partition coefficient (Wildman–Crippen LogP) is 1.79. The second-order valence-corrected chi connectivity index (χ2v) is 4.12. The number of H-pyrrole nitrogens is 1. The SMILES string of the molecule is Cc1ncc(CNc2cccnc2N(C)C)[nH]1. The third-order valence-corrected chi connectivity index (χ3v) is 2.44. The molecule has 0 bridgehead atoms. The summed E-state index contributed by atoms with van der Waals surface area (Å²) in [5.74, 6) is 1.87. The number of hydrogen-bond donors (Lipinski definition) is 2. The second-order valence-electron chi connectivity index (χ2n) is 4.12. The molecule has 2 heterocycles. The van der Waals surface area contributed by atoms with Crippen LogP contribution < -0.4 is 10.2 Å². The zero-order valence-corrected chi connectivity index (χ0v) is 10.4. The zero-order valence-electron chi connectivity index (χ0n) is 10.4. The fraction of sp³-hybridized carbons (Fsp3) is 0.333. The number of anilines is 2. The van der Waals surface area contributed by atoms with Gasteiger partial charge >= 0.3 is 0 Å². The van der Waals surface area contributed by atoms with Crippen LogP contribution in [0.4, 0.5) is 11.5 Å². The minimum Gasteiger partial charge on any atom is -0.376 e. The molecule has 0 atom stereocenters. The van der Waals surface area contributed by atoms with E-state index in [2.05, 4.69) is 20.3 Å². The monoisotopic (exact) mass is 231 g/mol. The van der Waals surface area contributed by atoms with Crippen molar-refractivity contribution in [1.29, 1.82) is 0 Å². The van der Waals surface area contributed by atoms with Gasteiger partial charge in [-0.3, -0.25) is 0 Å². The Morgan fingerprint density at radius 1 is 1.35 bits per heavy atom. The summed E-state index contributed by atoms with van der Waals surface area (Å²) in [6.45, 7) is 2.66. The fourth-order valence-electron chi connectivity index (χ4n) is 1.64. The molecule has 2 rings (SSSR count). The molecule has 5 heteroatoms. The Bertz CT molecular complexity index is 489. The van der Waals surface area contributed by atoms with Crippen LogP contribution in [0, 0.1) is 6.92 Å². The Balaban J connectivity index is 2.08. The first-order valence-electron chi connectivity index (χ1n) is 5.53. The maximum atomic E-state index is 4.33. The third kappa shape index (κ3) is 2.75. The summed E-state index contributed by atoms with van der Waals surface area (Å²) in [5.41, 5.74) is 2.08. The molecule has 2 N–H and O–H groups in total. The minimum atomic E-state index is 0.716. The van der Waals surface area contributed by atoms with Crippen LogP contribution in [0.25, 0.3) is 0 Å². The normalized spacial score (nSPS) is 10.3. The molecule has 17 heavy (non-hydrogen) atoms. The molecule has 0 aliphatic rings. The van der Waals surface area contributed by atoms with Crippen LogP contribution in [-0.2, 0) is 6.54 Å². The van der Waals surface area contributed by atoms with Crippen LogP contribution in [0.3, 0.4) is 0 Å². The van der Waals surface area contributed by atoms with Gasteiger partial charge in [0, 0.05) is 20.3 Å². The number of aryl methyl sites for hydroxylation is 1. The van der Waals surface area contributed by atoms with Crippen molar-refractivity contribution in [3.8, 4) is 0 Å². The van der Waals surface area contributed by atoms with E-state index in [0.717, 1.165) is 23.0 Å². The summed E-state index contributed by atoms with van der Waals surface area (Å²) in [6, 6.07) is 3.94. The van der Waals surface area contributed by atoms with E-state index >= 15 is 0 Å². The first kappa shape index (κ1) is 11.4. The van der Waals surface area contributed by atoms with Crippen LogP contribution in [0.5, 0.6) is 0 Å². The van der Waals surface area contributed by atoms with Gasteiger partial charge in [-0.2, -0.15) is 0 Å². The topological polar surface area (TPSA) is 56.8 Å². The van der Waals surface area contributed by atoms with Crippen molar-refractivity contribution in [1.82, 2.24) is 15.0 Å². The van der Waals surface area contributed by atoms with Crippen molar-refractivity contribution in [2.45, 2.75) is 13.5 Å². The molecular formula is C12H17N5. The van der Waals surface area contributed by atoms with Gasteiger partial charge in [-0.15, -0.1) is 0 Å². The van der Waals surface area contributed by atoms with E-state index in [-0.39, 0.29) is 0 Å². The van der Waals surface area contributed by atoms with Gasteiger partial charge in [0.05, 0.1) is 24.1 Å². The number of imidazole rings is 1. The molecule has 0 unspecified atom stereocenters. The lowest BCUT2D eigenvalue weighted by molar-refractivity contribution is 1.02. The van der Waals surface area contributed by atoms with Gasteiger partial charge < -0.3 is 15.2 Å². The molecule has 2 aromatic rings. The summed E-state index contributed by atoms with van der Waals surface area (Å²) >= 11 is 0. The van der Waals surface area contributed by atoms with Crippen molar-refractivity contribution in [2.24, 2.45) is 0 Å². The fourth-order valence-corrected chi connectivity index (χ4v) is 1.64. The maximum absolute atomic E-state index is 4.33. The van der Waals surface area contributed by atoms with Crippen molar-refractivity contribution in [3.05, 3.63) is 36.0 Å². The quantitative estimate of drug-likeness (QED) is 0.842. The number of rotatable bonds is 4. The summed E-state index contributed by atoms with van der Waals surface area (Å²) in [5, 5.41) is 3.35. The van der Waals surface area contributed by atoms with Crippen molar-refractivity contribution < 1.29 is 0 Å². The van der Waals surface area contributed by atoms with Gasteiger partial charge in [-0.1, -0.05) is 0 Å². The van der Waals surface area contributed by atoms with E-state index in [4.69, 9.17) is 0 Å². The molecule has 0 aliphatic heterocycles. The largest absolute Gasteiger partial charge is 0.376 e. The van der Waals surface area contributed by atoms with Crippen LogP contribution in [0.1, 0.15) is 11.5 Å². The molecular weight excluding hydrogens is 214 g/mol. The highest BCUT2D eigenvalue weighted by Crippen LogP contribution is 2.20. The Kier molecular flexibility index (Phi) is 3.27. The van der Waals surface area contributed by atoms with Gasteiger partial charge in [0.2, 0.25) is 0 Å². The third-order valence-electron chi connectivity index (χ3n) is 2.44. The lowest BCUT2D eigenvalue weighted by Crippen LogP contribution is -2.13. The van der Waals surface area contributed by atoms with E-state index in [1.54, 1.807) is 6.20 Å². The van der Waals surface area contributed by atoms with Crippen LogP contribution >= 0.6 is 0 Å². The first-order valence-corrected chi connectivity index (χ1v) is 5.53. The van der Waals surface area contributed by atoms with Crippen LogP contribution in [0.2, 0.25) is 0 Å². The first-order chi connectivity index (χ1) is 8.16. The average molecular weight is 231 g/mol. The number of hydrogen-bond acceptors (Lipinski definition) is 4. The number of aromatic amines is 1. The summed E-state index contributed by atoms with van der Waals surface area (Å²) in [6.07, 6.45) is 3.63. The predicted molar refractivity (Wildman–Crippen MR) is 69.2 cm³/mol. The molecule has 90 valence electrons. The van der Waals surface area contributed by atoms with E-state index in [0.29, 0.717) is 6.54 Å². The molecule has 0 saturated carbocycles. The molecule has 0 saturated heterocycles. The lowest BCUT2D eigenvalue weighted by atomic mass is 10.3. The van der Waals surface area contributed by atoms with Crippen molar-refractivity contribution in [3.63, 3.8) is 0 Å². The van der Waals surface area contributed by atoms with Gasteiger partial charge in [0.1, 0.15) is 5.82 Å². The summed E-state index contributed by atoms with van der Waals surface area (Å²) < 4.78 is 0. The highest BCUT2D eigenvalue weighted by atomic mass is 15.2. The summed E-state index contributed by atoms with van der Waals surface area (Å²) in [4.78, 5) is 13.7. The van der Waals surface area contributed by atoms with Crippen LogP contribution in [0.15, 0.2) is 24.5 Å². The maximum Gasteiger partial charge on any atom is 0.151 e. The minimum absolute atomic E-state index is 0.716. The van der Waals surface area contributed by atoms with E-state index in [9.17, 15) is 0 Å². The standard InChI is InChI=1S/C12H17N5/c1-9-14-7-10(16-9)8-15-11-5-4-6-13-12(11)17(2)3/h4-7,15H,8H2,1-3H3,(H,14,16). The molecule has 0 aliphatic carbocycles. The lowest BCUT2D eigenvalue weighted by Gasteiger charge is -2.16. The van der Waals surface area contributed by atoms with Gasteiger partial charge in [0.25, 0.3) is 0 Å². The number of nitrogens with zero attached hydrogens (tertiary/aromatic N) is 3. The van der Waals surface area contributed by atoms with Crippen molar-refractivity contribution in [2.75, 3.05) is 24.3 Å². The molecule has 2 aromatic heterocycles. The number of aromatic nitrogens is 3. The smallest absolute Gasteiger partial charge is 0.151 e. The highest BCUT2D eigenvalue weighted by Gasteiger charge is 2.05. The van der Waals surface area contributed by atoms with E-state index in [1.165, 1.54) is 0 Å². The van der Waals surface area contributed by atoms with Gasteiger partial charge in [-0.25, -0.2) is 9.97 Å². The Morgan fingerprint density at radius 3 is 2.82 bits per heavy atom. The Labute approximate surface area is 101 Å². The number of nitrogens with one attached hydrogen (secondary N) is 2. The van der Waals surface area contributed by atoms with Gasteiger partial charge in [0.15, 0.2) is 5.82 Å². The molecule has 0 amide bonds. The zero-order chi connectivity index (χ0) is 12.3.